The first-order chi connectivity index (χ1) is 12.6. The van der Waals surface area contributed by atoms with Gasteiger partial charge in [-0.25, -0.2) is 14.2 Å². The highest BCUT2D eigenvalue weighted by atomic mass is 19.1. The Hall–Kier alpha value is -2.51. The number of nitrogens with zero attached hydrogens (tertiary/aromatic N) is 3. The maximum absolute atomic E-state index is 13.1. The fraction of sp³-hybridized carbons (Fsp3) is 0.368. The number of anilines is 1. The average molecular weight is 359 g/mol. The van der Waals surface area contributed by atoms with E-state index in [9.17, 15) is 19.4 Å². The van der Waals surface area contributed by atoms with Crippen molar-refractivity contribution in [2.45, 2.75) is 19.0 Å². The molecule has 3 rings (SSSR count). The SMILES string of the molecule is O=C(O)c1cccnc1N1CCN(Cc2ccc(F)cc2)[C@H](CCO)C1. The van der Waals surface area contributed by atoms with Crippen molar-refractivity contribution in [1.29, 1.82) is 0 Å². The molecule has 2 aromatic rings. The molecule has 2 N–H and O–H groups in total. The van der Waals surface area contributed by atoms with Crippen molar-refractivity contribution in [2.24, 2.45) is 0 Å². The Morgan fingerprint density at radius 2 is 2.00 bits per heavy atom. The summed E-state index contributed by atoms with van der Waals surface area (Å²) in [6, 6.07) is 9.64. The lowest BCUT2D eigenvalue weighted by molar-refractivity contribution is 0.0696. The largest absolute Gasteiger partial charge is 0.478 e. The van der Waals surface area contributed by atoms with Crippen molar-refractivity contribution in [3.8, 4) is 0 Å². The van der Waals surface area contributed by atoms with Gasteiger partial charge in [-0.1, -0.05) is 12.1 Å². The number of halogens is 1. The number of piperazine rings is 1. The highest BCUT2D eigenvalue weighted by Crippen LogP contribution is 2.23. The maximum atomic E-state index is 13.1. The van der Waals surface area contributed by atoms with E-state index >= 15 is 0 Å². The Bertz CT molecular complexity index is 754. The van der Waals surface area contributed by atoms with Crippen molar-refractivity contribution in [3.05, 3.63) is 59.5 Å². The molecule has 1 saturated heterocycles. The summed E-state index contributed by atoms with van der Waals surface area (Å²) < 4.78 is 13.1. The molecule has 1 aliphatic rings. The Kier molecular flexibility index (Phi) is 5.80. The monoisotopic (exact) mass is 359 g/mol. The van der Waals surface area contributed by atoms with Crippen LogP contribution < -0.4 is 4.90 Å². The fourth-order valence-corrected chi connectivity index (χ4v) is 3.36. The van der Waals surface area contributed by atoms with Gasteiger partial charge in [0.1, 0.15) is 17.2 Å². The molecule has 6 nitrogen and oxygen atoms in total. The summed E-state index contributed by atoms with van der Waals surface area (Å²) >= 11 is 0. The highest BCUT2D eigenvalue weighted by Gasteiger charge is 2.29. The summed E-state index contributed by atoms with van der Waals surface area (Å²) in [6.07, 6.45) is 2.17. The molecule has 0 radical (unpaired) electrons. The third kappa shape index (κ3) is 4.17. The molecular formula is C19H22FN3O3. The van der Waals surface area contributed by atoms with Crippen molar-refractivity contribution in [2.75, 3.05) is 31.1 Å². The van der Waals surface area contributed by atoms with Crippen LogP contribution in [0.25, 0.3) is 0 Å². The molecule has 1 aliphatic heterocycles. The number of carbonyl (C=O) groups is 1. The van der Waals surface area contributed by atoms with Crippen LogP contribution in [0.2, 0.25) is 0 Å². The number of carboxylic acids is 1. The summed E-state index contributed by atoms with van der Waals surface area (Å²) in [5.74, 6) is -0.799. The Balaban J connectivity index is 1.75. The van der Waals surface area contributed by atoms with Crippen molar-refractivity contribution in [3.63, 3.8) is 0 Å². The number of pyridine rings is 1. The van der Waals surface area contributed by atoms with E-state index in [0.29, 0.717) is 38.4 Å². The number of benzene rings is 1. The van der Waals surface area contributed by atoms with Gasteiger partial charge in [0.05, 0.1) is 0 Å². The van der Waals surface area contributed by atoms with Gasteiger partial charge in [0.2, 0.25) is 0 Å². The Morgan fingerprint density at radius 3 is 2.69 bits per heavy atom. The van der Waals surface area contributed by atoms with Gasteiger partial charge in [0, 0.05) is 45.0 Å². The van der Waals surface area contributed by atoms with Crippen molar-refractivity contribution < 1.29 is 19.4 Å². The zero-order valence-corrected chi connectivity index (χ0v) is 14.4. The highest BCUT2D eigenvalue weighted by molar-refractivity contribution is 5.93. The zero-order valence-electron chi connectivity index (χ0n) is 14.4. The summed E-state index contributed by atoms with van der Waals surface area (Å²) in [4.78, 5) is 19.9. The van der Waals surface area contributed by atoms with Crippen LogP contribution in [0.5, 0.6) is 0 Å². The van der Waals surface area contributed by atoms with Crippen LogP contribution in [0.1, 0.15) is 22.3 Å². The number of aliphatic hydroxyl groups excluding tert-OH is 1. The first-order valence-electron chi connectivity index (χ1n) is 8.61. The number of aromatic carboxylic acids is 1. The molecule has 1 atom stereocenters. The molecule has 0 spiro atoms. The van der Waals surface area contributed by atoms with E-state index in [4.69, 9.17) is 0 Å². The van der Waals surface area contributed by atoms with E-state index < -0.39 is 5.97 Å². The normalized spacial score (nSPS) is 18.1. The van der Waals surface area contributed by atoms with Crippen LogP contribution in [0, 0.1) is 5.82 Å². The molecule has 7 heteroatoms. The summed E-state index contributed by atoms with van der Waals surface area (Å²) in [7, 11) is 0. The van der Waals surface area contributed by atoms with Gasteiger partial charge in [-0.05, 0) is 36.2 Å². The average Bonchev–Trinajstić information content (AvgIpc) is 2.65. The number of hydrogen-bond donors (Lipinski definition) is 2. The predicted molar refractivity (Wildman–Crippen MR) is 95.7 cm³/mol. The van der Waals surface area contributed by atoms with Gasteiger partial charge >= 0.3 is 5.97 Å². The molecule has 0 bridgehead atoms. The lowest BCUT2D eigenvalue weighted by Crippen LogP contribution is -2.53. The lowest BCUT2D eigenvalue weighted by atomic mass is 10.1. The minimum atomic E-state index is -0.999. The second-order valence-electron chi connectivity index (χ2n) is 6.39. The Morgan fingerprint density at radius 1 is 1.23 bits per heavy atom. The van der Waals surface area contributed by atoms with Crippen LogP contribution in [0.15, 0.2) is 42.6 Å². The fourth-order valence-electron chi connectivity index (χ4n) is 3.36. The van der Waals surface area contributed by atoms with Gasteiger partial charge in [0.15, 0.2) is 0 Å². The van der Waals surface area contributed by atoms with Gasteiger partial charge in [-0.15, -0.1) is 0 Å². The van der Waals surface area contributed by atoms with Gasteiger partial charge in [-0.3, -0.25) is 4.90 Å². The molecule has 26 heavy (non-hydrogen) atoms. The summed E-state index contributed by atoms with van der Waals surface area (Å²) in [5.41, 5.74) is 1.19. The maximum Gasteiger partial charge on any atom is 0.339 e. The number of hydrogen-bond acceptors (Lipinski definition) is 5. The van der Waals surface area contributed by atoms with E-state index in [1.54, 1.807) is 30.5 Å². The van der Waals surface area contributed by atoms with Crippen molar-refractivity contribution >= 4 is 11.8 Å². The number of carboxylic acid groups (broad SMARTS) is 1. The predicted octanol–water partition coefficient (Wildman–Crippen LogP) is 1.99. The standard InChI is InChI=1S/C19H22FN3O3/c20-15-5-3-14(4-6-15)12-22-9-10-23(13-16(22)7-11-24)18-17(19(25)26)2-1-8-21-18/h1-6,8,16,24H,7,9-13H2,(H,25,26)/t16-/m1/s1. The molecule has 1 fully saturated rings. The molecule has 138 valence electrons. The first kappa shape index (κ1) is 18.3. The molecule has 0 saturated carbocycles. The van der Waals surface area contributed by atoms with Gasteiger partial charge in [0.25, 0.3) is 0 Å². The molecule has 2 heterocycles. The van der Waals surface area contributed by atoms with E-state index in [1.165, 1.54) is 12.1 Å². The van der Waals surface area contributed by atoms with E-state index in [2.05, 4.69) is 9.88 Å². The number of rotatable bonds is 6. The molecular weight excluding hydrogens is 337 g/mol. The van der Waals surface area contributed by atoms with Gasteiger partial charge in [-0.2, -0.15) is 0 Å². The van der Waals surface area contributed by atoms with E-state index in [0.717, 1.165) is 5.56 Å². The minimum absolute atomic E-state index is 0.0480. The molecule has 0 unspecified atom stereocenters. The quantitative estimate of drug-likeness (QED) is 0.821. The second kappa shape index (κ2) is 8.25. The molecule has 0 aliphatic carbocycles. The molecule has 1 aromatic heterocycles. The first-order valence-corrected chi connectivity index (χ1v) is 8.61. The third-order valence-corrected chi connectivity index (χ3v) is 4.68. The summed E-state index contributed by atoms with van der Waals surface area (Å²) in [6.45, 7) is 2.64. The van der Waals surface area contributed by atoms with Crippen LogP contribution in [-0.2, 0) is 6.54 Å². The van der Waals surface area contributed by atoms with E-state index in [-0.39, 0.29) is 24.0 Å². The third-order valence-electron chi connectivity index (χ3n) is 4.68. The lowest BCUT2D eigenvalue weighted by Gasteiger charge is -2.42. The minimum Gasteiger partial charge on any atom is -0.478 e. The smallest absolute Gasteiger partial charge is 0.339 e. The van der Waals surface area contributed by atoms with Gasteiger partial charge < -0.3 is 15.1 Å². The van der Waals surface area contributed by atoms with Crippen LogP contribution in [0.3, 0.4) is 0 Å². The zero-order chi connectivity index (χ0) is 18.5. The number of aromatic nitrogens is 1. The summed E-state index contributed by atoms with van der Waals surface area (Å²) in [5, 5.41) is 18.8. The number of aliphatic hydroxyl groups is 1. The van der Waals surface area contributed by atoms with Crippen LogP contribution >= 0.6 is 0 Å². The van der Waals surface area contributed by atoms with E-state index in [1.807, 2.05) is 4.90 Å². The molecule has 1 aromatic carbocycles. The molecule has 0 amide bonds. The van der Waals surface area contributed by atoms with Crippen LogP contribution in [0.4, 0.5) is 10.2 Å². The second-order valence-corrected chi connectivity index (χ2v) is 6.39. The van der Waals surface area contributed by atoms with Crippen molar-refractivity contribution in [1.82, 2.24) is 9.88 Å². The Labute approximate surface area is 151 Å². The van der Waals surface area contributed by atoms with Crippen LogP contribution in [-0.4, -0.2) is 58.3 Å². The topological polar surface area (TPSA) is 76.9 Å².